The van der Waals surface area contributed by atoms with Crippen molar-refractivity contribution in [2.24, 2.45) is 0 Å². The molecule has 0 heterocycles. The van der Waals surface area contributed by atoms with Crippen molar-refractivity contribution >= 4 is 12.6 Å². The average Bonchev–Trinajstić information content (AvgIpc) is 2.06. The minimum absolute atomic E-state index is 0.328. The van der Waals surface area contributed by atoms with Gasteiger partial charge < -0.3 is 10.6 Å². The summed E-state index contributed by atoms with van der Waals surface area (Å²) >= 11 is 4.36. The van der Waals surface area contributed by atoms with Crippen molar-refractivity contribution in [1.82, 2.24) is 10.6 Å². The Morgan fingerprint density at radius 1 is 0.929 bits per heavy atom. The fraction of sp³-hybridized carbons (Fsp3) is 1.00. The fourth-order valence-corrected chi connectivity index (χ4v) is 2.45. The Hall–Kier alpha value is 0.270. The number of nitrogens with one attached hydrogen (secondary N) is 2. The van der Waals surface area contributed by atoms with Crippen molar-refractivity contribution < 1.29 is 0 Å². The minimum atomic E-state index is 0.328. The first-order chi connectivity index (χ1) is 6.58. The van der Waals surface area contributed by atoms with Crippen molar-refractivity contribution in [2.75, 3.05) is 0 Å². The highest BCUT2D eigenvalue weighted by Crippen LogP contribution is 2.19. The van der Waals surface area contributed by atoms with Crippen LogP contribution in [-0.4, -0.2) is 23.5 Å². The Bertz CT molecular complexity index is 133. The van der Waals surface area contributed by atoms with E-state index in [1.807, 2.05) is 0 Å². The molecule has 2 nitrogen and oxygen atoms in total. The largest absolute Gasteiger partial charge is 0.312 e. The van der Waals surface area contributed by atoms with Crippen molar-refractivity contribution in [3.63, 3.8) is 0 Å². The molecule has 0 saturated heterocycles. The van der Waals surface area contributed by atoms with Crippen LogP contribution in [0.1, 0.15) is 46.5 Å². The van der Waals surface area contributed by atoms with Crippen LogP contribution in [0.4, 0.5) is 0 Å². The second-order valence-electron chi connectivity index (χ2n) is 4.71. The molecule has 1 atom stereocenters. The number of hydrogen-bond acceptors (Lipinski definition) is 3. The maximum Gasteiger partial charge on any atom is 0.0475 e. The topological polar surface area (TPSA) is 24.1 Å². The standard InChI is InChI=1S/C11H24N2S/c1-8(2)12-10-4-6-11(7-5-10)13-9(3)14/h8-14H,4-7H2,1-3H3. The van der Waals surface area contributed by atoms with Crippen LogP contribution in [0, 0.1) is 0 Å². The molecule has 0 aromatic heterocycles. The summed E-state index contributed by atoms with van der Waals surface area (Å²) in [5, 5.41) is 7.43. The summed E-state index contributed by atoms with van der Waals surface area (Å²) in [6.45, 7) is 6.54. The van der Waals surface area contributed by atoms with Gasteiger partial charge in [-0.2, -0.15) is 12.6 Å². The van der Waals surface area contributed by atoms with Crippen LogP contribution in [0.3, 0.4) is 0 Å². The lowest BCUT2D eigenvalue weighted by atomic mass is 9.91. The molecule has 1 aliphatic rings. The molecular weight excluding hydrogens is 192 g/mol. The van der Waals surface area contributed by atoms with Gasteiger partial charge in [-0.25, -0.2) is 0 Å². The average molecular weight is 216 g/mol. The number of thiol groups is 1. The Labute approximate surface area is 93.6 Å². The van der Waals surface area contributed by atoms with Gasteiger partial charge in [-0.15, -0.1) is 0 Å². The summed E-state index contributed by atoms with van der Waals surface area (Å²) < 4.78 is 0. The van der Waals surface area contributed by atoms with Gasteiger partial charge in [-0.3, -0.25) is 0 Å². The van der Waals surface area contributed by atoms with E-state index in [4.69, 9.17) is 0 Å². The van der Waals surface area contributed by atoms with E-state index in [1.54, 1.807) is 0 Å². The lowest BCUT2D eigenvalue weighted by molar-refractivity contribution is 0.295. The molecule has 84 valence electrons. The molecule has 14 heavy (non-hydrogen) atoms. The quantitative estimate of drug-likeness (QED) is 0.495. The van der Waals surface area contributed by atoms with Crippen LogP contribution in [0.2, 0.25) is 0 Å². The fourth-order valence-electron chi connectivity index (χ4n) is 2.24. The maximum absolute atomic E-state index is 4.36. The van der Waals surface area contributed by atoms with Gasteiger partial charge in [0.05, 0.1) is 0 Å². The molecule has 1 rings (SSSR count). The van der Waals surface area contributed by atoms with Crippen LogP contribution in [0.15, 0.2) is 0 Å². The zero-order valence-electron chi connectivity index (χ0n) is 9.59. The highest BCUT2D eigenvalue weighted by Gasteiger charge is 2.21. The monoisotopic (exact) mass is 216 g/mol. The highest BCUT2D eigenvalue weighted by atomic mass is 32.1. The second kappa shape index (κ2) is 5.99. The molecule has 0 radical (unpaired) electrons. The molecule has 0 aromatic carbocycles. The maximum atomic E-state index is 4.36. The summed E-state index contributed by atoms with van der Waals surface area (Å²) in [6.07, 6.45) is 5.18. The van der Waals surface area contributed by atoms with Gasteiger partial charge in [0.1, 0.15) is 0 Å². The molecule has 0 aliphatic heterocycles. The lowest BCUT2D eigenvalue weighted by Gasteiger charge is -2.31. The third kappa shape index (κ3) is 4.67. The predicted molar refractivity (Wildman–Crippen MR) is 65.9 cm³/mol. The van der Waals surface area contributed by atoms with E-state index in [9.17, 15) is 0 Å². The Morgan fingerprint density at radius 2 is 1.36 bits per heavy atom. The molecule has 0 bridgehead atoms. The lowest BCUT2D eigenvalue weighted by Crippen LogP contribution is -2.43. The molecule has 3 heteroatoms. The van der Waals surface area contributed by atoms with Crippen LogP contribution < -0.4 is 10.6 Å². The molecule has 1 aliphatic carbocycles. The van der Waals surface area contributed by atoms with Crippen LogP contribution in [0.25, 0.3) is 0 Å². The zero-order chi connectivity index (χ0) is 10.6. The van der Waals surface area contributed by atoms with Gasteiger partial charge in [0.25, 0.3) is 0 Å². The van der Waals surface area contributed by atoms with E-state index >= 15 is 0 Å². The van der Waals surface area contributed by atoms with E-state index in [0.717, 1.165) is 6.04 Å². The molecule has 1 saturated carbocycles. The Balaban J connectivity index is 2.17. The van der Waals surface area contributed by atoms with Crippen molar-refractivity contribution in [2.45, 2.75) is 70.0 Å². The Morgan fingerprint density at radius 3 is 1.71 bits per heavy atom. The van der Waals surface area contributed by atoms with Gasteiger partial charge in [0.2, 0.25) is 0 Å². The molecule has 1 unspecified atom stereocenters. The van der Waals surface area contributed by atoms with Crippen LogP contribution in [0.5, 0.6) is 0 Å². The molecule has 0 aromatic rings. The third-order valence-electron chi connectivity index (χ3n) is 2.77. The summed E-state index contributed by atoms with van der Waals surface area (Å²) in [4.78, 5) is 0. The number of hydrogen-bond donors (Lipinski definition) is 3. The summed E-state index contributed by atoms with van der Waals surface area (Å²) in [7, 11) is 0. The minimum Gasteiger partial charge on any atom is -0.312 e. The smallest absolute Gasteiger partial charge is 0.0475 e. The van der Waals surface area contributed by atoms with E-state index in [1.165, 1.54) is 25.7 Å². The second-order valence-corrected chi connectivity index (χ2v) is 5.49. The van der Waals surface area contributed by atoms with Crippen molar-refractivity contribution in [3.05, 3.63) is 0 Å². The van der Waals surface area contributed by atoms with Crippen LogP contribution in [-0.2, 0) is 0 Å². The predicted octanol–water partition coefficient (Wildman–Crippen LogP) is 2.16. The SMILES string of the molecule is CC(C)NC1CCC(NC(C)S)CC1. The van der Waals surface area contributed by atoms with Crippen molar-refractivity contribution in [1.29, 1.82) is 0 Å². The summed E-state index contributed by atoms with van der Waals surface area (Å²) in [5.74, 6) is 0. The van der Waals surface area contributed by atoms with Crippen LogP contribution >= 0.6 is 12.6 Å². The molecule has 2 N–H and O–H groups in total. The van der Waals surface area contributed by atoms with Crippen molar-refractivity contribution in [3.8, 4) is 0 Å². The third-order valence-corrected chi connectivity index (χ3v) is 2.92. The number of rotatable bonds is 4. The summed E-state index contributed by atoms with van der Waals surface area (Å²) in [5.41, 5.74) is 0. The normalized spacial score (nSPS) is 30.6. The van der Waals surface area contributed by atoms with E-state index in [-0.39, 0.29) is 0 Å². The molecular formula is C11H24N2S. The highest BCUT2D eigenvalue weighted by molar-refractivity contribution is 7.80. The van der Waals surface area contributed by atoms with Gasteiger partial charge >= 0.3 is 0 Å². The first kappa shape index (κ1) is 12.3. The zero-order valence-corrected chi connectivity index (χ0v) is 10.5. The summed E-state index contributed by atoms with van der Waals surface area (Å²) in [6, 6.07) is 2.05. The van der Waals surface area contributed by atoms with E-state index in [2.05, 4.69) is 44.0 Å². The molecule has 0 spiro atoms. The van der Waals surface area contributed by atoms with E-state index < -0.39 is 0 Å². The molecule has 1 fully saturated rings. The van der Waals surface area contributed by atoms with Gasteiger partial charge in [-0.05, 0) is 32.6 Å². The van der Waals surface area contributed by atoms with Gasteiger partial charge in [-0.1, -0.05) is 13.8 Å². The Kier molecular flexibility index (Phi) is 5.28. The first-order valence-electron chi connectivity index (χ1n) is 5.78. The van der Waals surface area contributed by atoms with Gasteiger partial charge in [0, 0.05) is 23.5 Å². The first-order valence-corrected chi connectivity index (χ1v) is 6.29. The van der Waals surface area contributed by atoms with Gasteiger partial charge in [0.15, 0.2) is 0 Å². The van der Waals surface area contributed by atoms with E-state index in [0.29, 0.717) is 17.5 Å². The molecule has 0 amide bonds.